The van der Waals surface area contributed by atoms with E-state index in [2.05, 4.69) is 30.2 Å². The molecule has 1 N–H and O–H groups in total. The normalized spacial score (nSPS) is 10.8. The first kappa shape index (κ1) is 12.7. The van der Waals surface area contributed by atoms with Crippen LogP contribution in [0.4, 0.5) is 0 Å². The Morgan fingerprint density at radius 1 is 1.54 bits per heavy atom. The van der Waals surface area contributed by atoms with Crippen LogP contribution in [-0.4, -0.2) is 22.4 Å². The summed E-state index contributed by atoms with van der Waals surface area (Å²) in [4.78, 5) is 11.1. The van der Waals surface area contributed by atoms with Crippen molar-refractivity contribution in [1.82, 2.24) is 5.32 Å². The fourth-order valence-corrected chi connectivity index (χ4v) is 0.878. The number of hydrogen-bond acceptors (Lipinski definition) is 3. The molecule has 0 saturated heterocycles. The van der Waals surface area contributed by atoms with Gasteiger partial charge in [0, 0.05) is 6.54 Å². The maximum Gasteiger partial charge on any atom is 0.308 e. The van der Waals surface area contributed by atoms with E-state index in [1.54, 1.807) is 0 Å². The molecular formula is C8H15NO2S2. The second-order valence-corrected chi connectivity index (χ2v) is 4.73. The smallest absolute Gasteiger partial charge is 0.308 e. The van der Waals surface area contributed by atoms with Crippen LogP contribution in [0.3, 0.4) is 0 Å². The lowest BCUT2D eigenvalue weighted by molar-refractivity contribution is -0.154. The minimum atomic E-state index is -0.418. The predicted octanol–water partition coefficient (Wildman–Crippen LogP) is 1.52. The standard InChI is InChI=1S/C8H15NO2S2/c1-8(2,3)11-6(10)4-5-9-7(12)13/h4-5H2,1-3H3,(H2,9,12,13). The van der Waals surface area contributed by atoms with Crippen molar-refractivity contribution in [2.75, 3.05) is 6.54 Å². The van der Waals surface area contributed by atoms with Gasteiger partial charge in [-0.15, -0.1) is 12.6 Å². The van der Waals surface area contributed by atoms with Crippen LogP contribution in [-0.2, 0) is 9.53 Å². The molecule has 0 spiro atoms. The van der Waals surface area contributed by atoms with Crippen molar-refractivity contribution in [3.05, 3.63) is 0 Å². The minimum absolute atomic E-state index is 0.232. The quantitative estimate of drug-likeness (QED) is 0.430. The molecule has 13 heavy (non-hydrogen) atoms. The van der Waals surface area contributed by atoms with Crippen LogP contribution in [0, 0.1) is 0 Å². The highest BCUT2D eigenvalue weighted by molar-refractivity contribution is 8.11. The predicted molar refractivity (Wildman–Crippen MR) is 60.0 cm³/mol. The average molecular weight is 221 g/mol. The zero-order valence-electron chi connectivity index (χ0n) is 8.09. The Morgan fingerprint density at radius 2 is 2.08 bits per heavy atom. The number of ether oxygens (including phenoxy) is 1. The number of hydrogen-bond donors (Lipinski definition) is 2. The SMILES string of the molecule is CC(C)(C)OC(=O)CCNC(=S)S. The third-order valence-corrected chi connectivity index (χ3v) is 1.33. The van der Waals surface area contributed by atoms with Crippen molar-refractivity contribution in [1.29, 1.82) is 0 Å². The fourth-order valence-electron chi connectivity index (χ4n) is 0.664. The van der Waals surface area contributed by atoms with E-state index in [4.69, 9.17) is 4.74 Å². The van der Waals surface area contributed by atoms with Gasteiger partial charge in [0.2, 0.25) is 0 Å². The second kappa shape index (κ2) is 5.44. The number of carbonyl (C=O) groups is 1. The maximum atomic E-state index is 11.1. The van der Waals surface area contributed by atoms with Crippen LogP contribution in [0.25, 0.3) is 0 Å². The lowest BCUT2D eigenvalue weighted by Gasteiger charge is -2.19. The minimum Gasteiger partial charge on any atom is -0.460 e. The fraction of sp³-hybridized carbons (Fsp3) is 0.750. The maximum absolute atomic E-state index is 11.1. The molecule has 0 heterocycles. The molecule has 0 aliphatic heterocycles. The zero-order valence-corrected chi connectivity index (χ0v) is 9.80. The third-order valence-electron chi connectivity index (χ3n) is 1.03. The van der Waals surface area contributed by atoms with Crippen molar-refractivity contribution in [2.24, 2.45) is 0 Å². The molecule has 76 valence electrons. The van der Waals surface area contributed by atoms with Gasteiger partial charge in [-0.2, -0.15) is 0 Å². The van der Waals surface area contributed by atoms with Crippen molar-refractivity contribution in [3.63, 3.8) is 0 Å². The van der Waals surface area contributed by atoms with Gasteiger partial charge in [-0.3, -0.25) is 4.79 Å². The Labute approximate surface area is 89.6 Å². The van der Waals surface area contributed by atoms with Gasteiger partial charge in [0.15, 0.2) is 0 Å². The number of carbonyl (C=O) groups excluding carboxylic acids is 1. The van der Waals surface area contributed by atoms with Crippen LogP contribution in [0.2, 0.25) is 0 Å². The summed E-state index contributed by atoms with van der Waals surface area (Å²) in [6.45, 7) is 5.97. The Hall–Kier alpha value is -0.290. The molecule has 3 nitrogen and oxygen atoms in total. The van der Waals surface area contributed by atoms with Gasteiger partial charge in [-0.25, -0.2) is 0 Å². The third kappa shape index (κ3) is 9.63. The molecule has 0 aromatic heterocycles. The molecule has 0 aliphatic rings. The molecule has 0 saturated carbocycles. The van der Waals surface area contributed by atoms with Gasteiger partial charge in [-0.05, 0) is 20.8 Å². The van der Waals surface area contributed by atoms with E-state index in [1.165, 1.54) is 0 Å². The van der Waals surface area contributed by atoms with Crippen molar-refractivity contribution in [2.45, 2.75) is 32.8 Å². The highest BCUT2D eigenvalue weighted by Gasteiger charge is 2.15. The first-order valence-corrected chi connectivity index (χ1v) is 4.85. The molecule has 0 aliphatic carbocycles. The van der Waals surface area contributed by atoms with Crippen LogP contribution >= 0.6 is 24.8 Å². The first-order chi connectivity index (χ1) is 5.81. The van der Waals surface area contributed by atoms with Crippen LogP contribution in [0.15, 0.2) is 0 Å². The van der Waals surface area contributed by atoms with E-state index < -0.39 is 5.60 Å². The van der Waals surface area contributed by atoms with E-state index in [0.29, 0.717) is 17.3 Å². The topological polar surface area (TPSA) is 38.3 Å². The molecule has 0 aromatic rings. The summed E-state index contributed by atoms with van der Waals surface area (Å²) in [5, 5.41) is 2.76. The molecular weight excluding hydrogens is 206 g/mol. The number of esters is 1. The van der Waals surface area contributed by atoms with E-state index in [1.807, 2.05) is 20.8 Å². The van der Waals surface area contributed by atoms with Gasteiger partial charge in [0.05, 0.1) is 6.42 Å². The van der Waals surface area contributed by atoms with Crippen LogP contribution in [0.5, 0.6) is 0 Å². The second-order valence-electron chi connectivity index (χ2n) is 3.57. The van der Waals surface area contributed by atoms with Crippen molar-refractivity contribution in [3.8, 4) is 0 Å². The van der Waals surface area contributed by atoms with E-state index >= 15 is 0 Å². The van der Waals surface area contributed by atoms with E-state index in [9.17, 15) is 4.79 Å². The number of nitrogens with one attached hydrogen (secondary N) is 1. The summed E-state index contributed by atoms with van der Waals surface area (Å²) in [6.07, 6.45) is 0.304. The van der Waals surface area contributed by atoms with E-state index in [-0.39, 0.29) is 5.97 Å². The number of thiocarbonyl (C=S) groups is 1. The molecule has 0 fully saturated rings. The lowest BCUT2D eigenvalue weighted by Crippen LogP contribution is -2.27. The Bertz CT molecular complexity index is 199. The molecule has 0 bridgehead atoms. The summed E-state index contributed by atoms with van der Waals surface area (Å²) in [7, 11) is 0. The summed E-state index contributed by atoms with van der Waals surface area (Å²) in [5.41, 5.74) is -0.418. The molecule has 0 atom stereocenters. The molecule has 0 aromatic carbocycles. The summed E-state index contributed by atoms with van der Waals surface area (Å²) < 4.78 is 5.46. The first-order valence-electron chi connectivity index (χ1n) is 4.00. The van der Waals surface area contributed by atoms with E-state index in [0.717, 1.165) is 0 Å². The molecule has 0 radical (unpaired) electrons. The molecule has 0 unspecified atom stereocenters. The van der Waals surface area contributed by atoms with Gasteiger partial charge < -0.3 is 10.1 Å². The number of rotatable bonds is 3. The Kier molecular flexibility index (Phi) is 5.32. The van der Waals surface area contributed by atoms with Crippen LogP contribution in [0.1, 0.15) is 27.2 Å². The monoisotopic (exact) mass is 221 g/mol. The lowest BCUT2D eigenvalue weighted by atomic mass is 10.2. The Balaban J connectivity index is 3.59. The van der Waals surface area contributed by atoms with Gasteiger partial charge >= 0.3 is 5.97 Å². The van der Waals surface area contributed by atoms with Crippen molar-refractivity contribution >= 4 is 35.1 Å². The Morgan fingerprint density at radius 3 is 2.46 bits per heavy atom. The highest BCUT2D eigenvalue weighted by Crippen LogP contribution is 2.07. The zero-order chi connectivity index (χ0) is 10.5. The largest absolute Gasteiger partial charge is 0.460 e. The molecule has 0 rings (SSSR count). The van der Waals surface area contributed by atoms with Gasteiger partial charge in [0.25, 0.3) is 0 Å². The van der Waals surface area contributed by atoms with Gasteiger partial charge in [0.1, 0.15) is 9.92 Å². The summed E-state index contributed by atoms with van der Waals surface area (Å²) in [6, 6.07) is 0. The highest BCUT2D eigenvalue weighted by atomic mass is 32.1. The van der Waals surface area contributed by atoms with Crippen LogP contribution < -0.4 is 5.32 Å². The summed E-state index contributed by atoms with van der Waals surface area (Å²) >= 11 is 8.51. The average Bonchev–Trinajstić information content (AvgIpc) is 1.81. The molecule has 0 amide bonds. The summed E-state index contributed by atoms with van der Waals surface area (Å²) in [5.74, 6) is -0.232. The van der Waals surface area contributed by atoms with Crippen molar-refractivity contribution < 1.29 is 9.53 Å². The molecule has 5 heteroatoms. The van der Waals surface area contributed by atoms with Gasteiger partial charge in [-0.1, -0.05) is 12.2 Å². The number of thiol groups is 1.